The summed E-state index contributed by atoms with van der Waals surface area (Å²) >= 11 is 1.14. The monoisotopic (exact) mass is 529 g/mol. The fourth-order valence-corrected chi connectivity index (χ4v) is 5.00. The molecule has 196 valence electrons. The number of ether oxygens (including phenoxy) is 2. The number of amides is 1. The van der Waals surface area contributed by atoms with Gasteiger partial charge in [0.25, 0.3) is 5.69 Å². The maximum absolute atomic E-state index is 14.6. The molecule has 11 heteroatoms. The van der Waals surface area contributed by atoms with Crippen LogP contribution in [0.15, 0.2) is 48.5 Å². The van der Waals surface area contributed by atoms with Crippen molar-refractivity contribution in [1.29, 1.82) is 0 Å². The molecule has 3 aromatic rings. The van der Waals surface area contributed by atoms with E-state index in [9.17, 15) is 24.1 Å². The van der Waals surface area contributed by atoms with Gasteiger partial charge in [-0.2, -0.15) is 0 Å². The molecule has 0 saturated carbocycles. The highest BCUT2D eigenvalue weighted by atomic mass is 32.1. The Morgan fingerprint density at radius 3 is 2.22 bits per heavy atom. The Labute approximate surface area is 218 Å². The Bertz CT molecular complexity index is 1280. The number of rotatable bonds is 10. The van der Waals surface area contributed by atoms with Crippen LogP contribution in [0, 0.1) is 15.9 Å². The number of hydrogen-bond acceptors (Lipinski definition) is 8. The first-order chi connectivity index (χ1) is 17.7. The summed E-state index contributed by atoms with van der Waals surface area (Å²) in [6.07, 6.45) is -0.746. The molecule has 0 atom stereocenters. The molecule has 1 aromatic heterocycles. The van der Waals surface area contributed by atoms with Crippen molar-refractivity contribution in [3.05, 3.63) is 81.2 Å². The number of non-ortho nitro benzene ring substituents is 1. The molecule has 3 rings (SSSR count). The summed E-state index contributed by atoms with van der Waals surface area (Å²) < 4.78 is 25.2. The van der Waals surface area contributed by atoms with E-state index >= 15 is 0 Å². The molecule has 0 fully saturated rings. The van der Waals surface area contributed by atoms with Crippen LogP contribution >= 0.6 is 11.3 Å². The summed E-state index contributed by atoms with van der Waals surface area (Å²) in [5, 5.41) is 11.4. The SMILES string of the molecule is CCOC(=O)c1c(N(Cc2ccccc2F)C(=O)OCC)sc(-c2ccc([N+](=O)[O-])cc2)c1CN(C)C. The van der Waals surface area contributed by atoms with Crippen molar-refractivity contribution in [3.63, 3.8) is 0 Å². The quantitative estimate of drug-likeness (QED) is 0.184. The van der Waals surface area contributed by atoms with Crippen LogP contribution < -0.4 is 4.90 Å². The molecule has 1 heterocycles. The molecular weight excluding hydrogens is 501 g/mol. The molecule has 0 saturated heterocycles. The summed E-state index contributed by atoms with van der Waals surface area (Å²) in [5.41, 5.74) is 1.54. The minimum Gasteiger partial charge on any atom is -0.462 e. The predicted octanol–water partition coefficient (Wildman–Crippen LogP) is 5.86. The Morgan fingerprint density at radius 1 is 1.00 bits per heavy atom. The summed E-state index contributed by atoms with van der Waals surface area (Å²) in [6.45, 7) is 3.64. The van der Waals surface area contributed by atoms with E-state index in [1.807, 2.05) is 19.0 Å². The van der Waals surface area contributed by atoms with Crippen LogP contribution in [0.5, 0.6) is 0 Å². The second kappa shape index (κ2) is 12.4. The molecule has 0 aliphatic rings. The van der Waals surface area contributed by atoms with Crippen LogP contribution in [0.3, 0.4) is 0 Å². The third kappa shape index (κ3) is 6.49. The van der Waals surface area contributed by atoms with Crippen molar-refractivity contribution in [2.75, 3.05) is 32.2 Å². The Balaban J connectivity index is 2.27. The van der Waals surface area contributed by atoms with Crippen molar-refractivity contribution >= 4 is 34.1 Å². The van der Waals surface area contributed by atoms with Crippen molar-refractivity contribution < 1.29 is 28.4 Å². The van der Waals surface area contributed by atoms with Gasteiger partial charge >= 0.3 is 12.1 Å². The lowest BCUT2D eigenvalue weighted by atomic mass is 10.0. The highest BCUT2D eigenvalue weighted by Gasteiger charge is 2.32. The summed E-state index contributed by atoms with van der Waals surface area (Å²) in [5.74, 6) is -1.14. The average molecular weight is 530 g/mol. The Kier molecular flexibility index (Phi) is 9.31. The fourth-order valence-electron chi connectivity index (χ4n) is 3.71. The molecule has 0 aliphatic heterocycles. The normalized spacial score (nSPS) is 10.9. The van der Waals surface area contributed by atoms with Gasteiger partial charge in [-0.25, -0.2) is 14.0 Å². The molecular formula is C26H28FN3O6S. The van der Waals surface area contributed by atoms with Crippen LogP contribution in [0.1, 0.15) is 35.3 Å². The van der Waals surface area contributed by atoms with Gasteiger partial charge in [0.05, 0.1) is 30.2 Å². The zero-order chi connectivity index (χ0) is 27.1. The van der Waals surface area contributed by atoms with Crippen molar-refractivity contribution in [2.24, 2.45) is 0 Å². The molecule has 0 unspecified atom stereocenters. The third-order valence-corrected chi connectivity index (χ3v) is 6.61. The maximum atomic E-state index is 14.6. The second-order valence-electron chi connectivity index (χ2n) is 8.23. The van der Waals surface area contributed by atoms with Crippen molar-refractivity contribution in [3.8, 4) is 10.4 Å². The number of benzene rings is 2. The number of carbonyl (C=O) groups is 2. The minimum absolute atomic E-state index is 0.0759. The van der Waals surface area contributed by atoms with Gasteiger partial charge < -0.3 is 14.4 Å². The number of thiophene rings is 1. The van der Waals surface area contributed by atoms with Gasteiger partial charge in [0.15, 0.2) is 0 Å². The smallest absolute Gasteiger partial charge is 0.415 e. The average Bonchev–Trinajstić information content (AvgIpc) is 3.22. The van der Waals surface area contributed by atoms with E-state index in [1.54, 1.807) is 44.2 Å². The molecule has 0 aliphatic carbocycles. The number of nitrogens with zero attached hydrogens (tertiary/aromatic N) is 3. The number of halogens is 1. The molecule has 0 spiro atoms. The zero-order valence-electron chi connectivity index (χ0n) is 21.0. The number of nitro groups is 1. The number of carbonyl (C=O) groups excluding carboxylic acids is 2. The first kappa shape index (κ1) is 27.8. The molecule has 0 bridgehead atoms. The van der Waals surface area contributed by atoms with Gasteiger partial charge in [-0.05, 0) is 51.7 Å². The van der Waals surface area contributed by atoms with Gasteiger partial charge in [-0.3, -0.25) is 15.0 Å². The summed E-state index contributed by atoms with van der Waals surface area (Å²) in [6, 6.07) is 12.0. The topological polar surface area (TPSA) is 102 Å². The zero-order valence-corrected chi connectivity index (χ0v) is 21.8. The van der Waals surface area contributed by atoms with Crippen molar-refractivity contribution in [2.45, 2.75) is 26.9 Å². The van der Waals surface area contributed by atoms with E-state index in [4.69, 9.17) is 9.47 Å². The first-order valence-corrected chi connectivity index (χ1v) is 12.4. The van der Waals surface area contributed by atoms with Gasteiger partial charge in [-0.15, -0.1) is 11.3 Å². The number of nitro benzene ring substituents is 1. The number of esters is 1. The van der Waals surface area contributed by atoms with E-state index in [1.165, 1.54) is 23.1 Å². The van der Waals surface area contributed by atoms with Gasteiger partial charge in [0.2, 0.25) is 0 Å². The lowest BCUT2D eigenvalue weighted by Gasteiger charge is -2.22. The van der Waals surface area contributed by atoms with E-state index in [0.717, 1.165) is 11.3 Å². The highest BCUT2D eigenvalue weighted by Crippen LogP contribution is 2.44. The summed E-state index contributed by atoms with van der Waals surface area (Å²) in [4.78, 5) is 40.8. The highest BCUT2D eigenvalue weighted by molar-refractivity contribution is 7.20. The Morgan fingerprint density at radius 2 is 1.65 bits per heavy atom. The van der Waals surface area contributed by atoms with E-state index in [2.05, 4.69) is 0 Å². The largest absolute Gasteiger partial charge is 0.462 e. The van der Waals surface area contributed by atoms with E-state index in [0.29, 0.717) is 22.5 Å². The third-order valence-electron chi connectivity index (χ3n) is 5.30. The van der Waals surface area contributed by atoms with Crippen LogP contribution in [0.2, 0.25) is 0 Å². The van der Waals surface area contributed by atoms with Crippen LogP contribution in [-0.4, -0.2) is 49.2 Å². The molecule has 9 nitrogen and oxygen atoms in total. The second-order valence-corrected chi connectivity index (χ2v) is 9.23. The molecule has 2 aromatic carbocycles. The number of hydrogen-bond donors (Lipinski definition) is 0. The molecule has 37 heavy (non-hydrogen) atoms. The number of anilines is 1. The lowest BCUT2D eigenvalue weighted by Crippen LogP contribution is -2.32. The maximum Gasteiger partial charge on any atom is 0.415 e. The molecule has 0 radical (unpaired) electrons. The van der Waals surface area contributed by atoms with Gasteiger partial charge in [0, 0.05) is 34.7 Å². The Hall–Kier alpha value is -3.83. The summed E-state index contributed by atoms with van der Waals surface area (Å²) in [7, 11) is 3.66. The van der Waals surface area contributed by atoms with Crippen LogP contribution in [-0.2, 0) is 22.6 Å². The molecule has 1 amide bonds. The first-order valence-electron chi connectivity index (χ1n) is 11.6. The van der Waals surface area contributed by atoms with E-state index in [-0.39, 0.29) is 41.6 Å². The minimum atomic E-state index is -0.746. The predicted molar refractivity (Wildman–Crippen MR) is 139 cm³/mol. The van der Waals surface area contributed by atoms with Gasteiger partial charge in [-0.1, -0.05) is 18.2 Å². The fraction of sp³-hybridized carbons (Fsp3) is 0.308. The molecule has 0 N–H and O–H groups in total. The van der Waals surface area contributed by atoms with Gasteiger partial charge in [0.1, 0.15) is 10.8 Å². The van der Waals surface area contributed by atoms with Crippen LogP contribution in [0.4, 0.5) is 19.9 Å². The van der Waals surface area contributed by atoms with E-state index < -0.39 is 22.8 Å². The lowest BCUT2D eigenvalue weighted by molar-refractivity contribution is -0.384. The standard InChI is InChI=1S/C26H28FN3O6S/c1-5-35-25(31)22-20(16-28(3)4)23(17-11-13-19(14-12-17)30(33)34)37-24(22)29(26(32)36-6-2)15-18-9-7-8-10-21(18)27/h7-14H,5-6,15-16H2,1-4H3. The van der Waals surface area contributed by atoms with Crippen LogP contribution in [0.25, 0.3) is 10.4 Å². The van der Waals surface area contributed by atoms with Crippen molar-refractivity contribution in [1.82, 2.24) is 4.90 Å².